The Labute approximate surface area is 103 Å². The largest absolute Gasteiger partial charge is 0.396 e. The Bertz CT molecular complexity index is 291. The molecule has 15 heavy (non-hydrogen) atoms. The standard InChI is InChI=1S/C10H17BrN2OS/c1-3-10(4-2,7-14)6-12-9-13-8(11)5-15-9/h5,14H,3-4,6-7H2,1-2H3,(H,12,13). The SMILES string of the molecule is CCC(CC)(CO)CNc1nc(Br)cs1. The van der Waals surface area contributed by atoms with Crippen LogP contribution in [0.5, 0.6) is 0 Å². The minimum Gasteiger partial charge on any atom is -0.396 e. The fourth-order valence-electron chi connectivity index (χ4n) is 1.38. The maximum atomic E-state index is 9.39. The van der Waals surface area contributed by atoms with E-state index in [1.807, 2.05) is 5.38 Å². The second-order valence-electron chi connectivity index (χ2n) is 3.69. The van der Waals surface area contributed by atoms with Crippen molar-refractivity contribution in [2.24, 2.45) is 5.41 Å². The maximum Gasteiger partial charge on any atom is 0.183 e. The number of nitrogens with one attached hydrogen (secondary N) is 1. The number of halogens is 1. The summed E-state index contributed by atoms with van der Waals surface area (Å²) in [4.78, 5) is 4.26. The molecule has 1 aromatic heterocycles. The molecule has 0 unspecified atom stereocenters. The molecule has 0 amide bonds. The predicted octanol–water partition coefficient (Wildman–Crippen LogP) is 3.12. The number of hydrogen-bond donors (Lipinski definition) is 2. The van der Waals surface area contributed by atoms with Gasteiger partial charge in [0.2, 0.25) is 0 Å². The van der Waals surface area contributed by atoms with Crippen LogP contribution in [0.3, 0.4) is 0 Å². The van der Waals surface area contributed by atoms with Crippen LogP contribution in [0, 0.1) is 5.41 Å². The highest BCUT2D eigenvalue weighted by Crippen LogP contribution is 2.27. The summed E-state index contributed by atoms with van der Waals surface area (Å²) in [7, 11) is 0. The molecule has 3 nitrogen and oxygen atoms in total. The van der Waals surface area contributed by atoms with Gasteiger partial charge < -0.3 is 10.4 Å². The Balaban J connectivity index is 2.54. The van der Waals surface area contributed by atoms with Gasteiger partial charge in [0.25, 0.3) is 0 Å². The number of nitrogens with zero attached hydrogens (tertiary/aromatic N) is 1. The molecule has 0 radical (unpaired) electrons. The molecular weight excluding hydrogens is 276 g/mol. The van der Waals surface area contributed by atoms with Crippen LogP contribution in [-0.4, -0.2) is 23.2 Å². The Kier molecular flexibility index (Phi) is 5.02. The van der Waals surface area contributed by atoms with Crippen molar-refractivity contribution in [3.05, 3.63) is 9.98 Å². The van der Waals surface area contributed by atoms with E-state index in [4.69, 9.17) is 0 Å². The maximum absolute atomic E-state index is 9.39. The van der Waals surface area contributed by atoms with Gasteiger partial charge in [-0.2, -0.15) is 0 Å². The lowest BCUT2D eigenvalue weighted by atomic mass is 9.83. The zero-order chi connectivity index (χ0) is 11.3. The van der Waals surface area contributed by atoms with Gasteiger partial charge in [0, 0.05) is 17.3 Å². The van der Waals surface area contributed by atoms with Gasteiger partial charge in [-0.05, 0) is 28.8 Å². The predicted molar refractivity (Wildman–Crippen MR) is 68.4 cm³/mol. The van der Waals surface area contributed by atoms with E-state index in [2.05, 4.69) is 40.1 Å². The van der Waals surface area contributed by atoms with Crippen LogP contribution < -0.4 is 5.32 Å². The molecule has 0 saturated carbocycles. The summed E-state index contributed by atoms with van der Waals surface area (Å²) in [6.45, 7) is 5.22. The summed E-state index contributed by atoms with van der Waals surface area (Å²) >= 11 is 4.88. The zero-order valence-corrected chi connectivity index (χ0v) is 11.5. The van der Waals surface area contributed by atoms with Crippen LogP contribution in [0.15, 0.2) is 9.98 Å². The lowest BCUT2D eigenvalue weighted by Gasteiger charge is -2.29. The van der Waals surface area contributed by atoms with E-state index in [1.165, 1.54) is 0 Å². The number of rotatable bonds is 6. The van der Waals surface area contributed by atoms with Crippen molar-refractivity contribution in [1.82, 2.24) is 4.98 Å². The van der Waals surface area contributed by atoms with Crippen molar-refractivity contribution in [1.29, 1.82) is 0 Å². The summed E-state index contributed by atoms with van der Waals surface area (Å²) in [5, 5.41) is 15.5. The summed E-state index contributed by atoms with van der Waals surface area (Å²) in [5.41, 5.74) is -0.0157. The highest BCUT2D eigenvalue weighted by atomic mass is 79.9. The average Bonchev–Trinajstić information content (AvgIpc) is 2.67. The van der Waals surface area contributed by atoms with Crippen LogP contribution in [-0.2, 0) is 0 Å². The third-order valence-corrected chi connectivity index (χ3v) is 4.44. The summed E-state index contributed by atoms with van der Waals surface area (Å²) in [6, 6.07) is 0. The van der Waals surface area contributed by atoms with Crippen LogP contribution in [0.2, 0.25) is 0 Å². The molecule has 0 aliphatic carbocycles. The number of aromatic nitrogens is 1. The van der Waals surface area contributed by atoms with Crippen molar-refractivity contribution in [3.8, 4) is 0 Å². The monoisotopic (exact) mass is 292 g/mol. The van der Waals surface area contributed by atoms with Crippen LogP contribution in [0.4, 0.5) is 5.13 Å². The first-order valence-corrected chi connectivity index (χ1v) is 6.79. The minimum absolute atomic E-state index is 0.0157. The van der Waals surface area contributed by atoms with E-state index >= 15 is 0 Å². The molecule has 0 aromatic carbocycles. The fraction of sp³-hybridized carbons (Fsp3) is 0.700. The number of aliphatic hydroxyl groups is 1. The van der Waals surface area contributed by atoms with Crippen molar-refractivity contribution in [2.45, 2.75) is 26.7 Å². The highest BCUT2D eigenvalue weighted by molar-refractivity contribution is 9.10. The Hall–Kier alpha value is -0.130. The van der Waals surface area contributed by atoms with Gasteiger partial charge in [-0.1, -0.05) is 13.8 Å². The molecule has 86 valence electrons. The first-order chi connectivity index (χ1) is 7.15. The van der Waals surface area contributed by atoms with E-state index in [-0.39, 0.29) is 12.0 Å². The van der Waals surface area contributed by atoms with Gasteiger partial charge in [-0.25, -0.2) is 4.98 Å². The second-order valence-corrected chi connectivity index (χ2v) is 5.36. The zero-order valence-electron chi connectivity index (χ0n) is 9.09. The number of anilines is 1. The van der Waals surface area contributed by atoms with E-state index in [1.54, 1.807) is 11.3 Å². The van der Waals surface area contributed by atoms with Crippen molar-refractivity contribution in [2.75, 3.05) is 18.5 Å². The molecule has 0 aliphatic rings. The van der Waals surface area contributed by atoms with Gasteiger partial charge in [0.1, 0.15) is 4.60 Å². The quantitative estimate of drug-likeness (QED) is 0.847. The minimum atomic E-state index is -0.0157. The summed E-state index contributed by atoms with van der Waals surface area (Å²) in [6.07, 6.45) is 1.94. The van der Waals surface area contributed by atoms with Gasteiger partial charge >= 0.3 is 0 Å². The average molecular weight is 293 g/mol. The molecule has 0 spiro atoms. The number of aliphatic hydroxyl groups excluding tert-OH is 1. The molecule has 0 bridgehead atoms. The molecule has 0 atom stereocenters. The molecule has 0 saturated heterocycles. The van der Waals surface area contributed by atoms with Crippen LogP contribution >= 0.6 is 27.3 Å². The van der Waals surface area contributed by atoms with Crippen molar-refractivity contribution in [3.63, 3.8) is 0 Å². The first kappa shape index (κ1) is 12.9. The van der Waals surface area contributed by atoms with Gasteiger partial charge in [0.15, 0.2) is 5.13 Å². The van der Waals surface area contributed by atoms with Gasteiger partial charge in [0.05, 0.1) is 6.61 Å². The molecule has 0 fully saturated rings. The third kappa shape index (κ3) is 3.43. The van der Waals surface area contributed by atoms with E-state index in [0.29, 0.717) is 0 Å². The topological polar surface area (TPSA) is 45.1 Å². The molecule has 1 heterocycles. The summed E-state index contributed by atoms with van der Waals surface area (Å²) in [5.74, 6) is 0. The smallest absolute Gasteiger partial charge is 0.183 e. The second kappa shape index (κ2) is 5.82. The Morgan fingerprint density at radius 1 is 1.53 bits per heavy atom. The number of hydrogen-bond acceptors (Lipinski definition) is 4. The van der Waals surface area contributed by atoms with E-state index in [9.17, 15) is 5.11 Å². The van der Waals surface area contributed by atoms with Crippen LogP contribution in [0.25, 0.3) is 0 Å². The molecular formula is C10H17BrN2OS. The number of thiazole rings is 1. The lowest BCUT2D eigenvalue weighted by molar-refractivity contribution is 0.127. The van der Waals surface area contributed by atoms with Crippen molar-refractivity contribution >= 4 is 32.4 Å². The molecule has 2 N–H and O–H groups in total. The fourth-order valence-corrected chi connectivity index (χ4v) is 2.52. The molecule has 0 aliphatic heterocycles. The Morgan fingerprint density at radius 3 is 2.60 bits per heavy atom. The Morgan fingerprint density at radius 2 is 2.20 bits per heavy atom. The summed E-state index contributed by atoms with van der Waals surface area (Å²) < 4.78 is 0.859. The first-order valence-electron chi connectivity index (χ1n) is 5.11. The molecule has 5 heteroatoms. The van der Waals surface area contributed by atoms with Gasteiger partial charge in [-0.15, -0.1) is 11.3 Å². The lowest BCUT2D eigenvalue weighted by Crippen LogP contribution is -2.32. The van der Waals surface area contributed by atoms with Gasteiger partial charge in [-0.3, -0.25) is 0 Å². The van der Waals surface area contributed by atoms with Crippen molar-refractivity contribution < 1.29 is 5.11 Å². The van der Waals surface area contributed by atoms with Crippen LogP contribution in [0.1, 0.15) is 26.7 Å². The normalized spacial score (nSPS) is 11.7. The molecule has 1 aromatic rings. The highest BCUT2D eigenvalue weighted by Gasteiger charge is 2.25. The molecule has 1 rings (SSSR count). The van der Waals surface area contributed by atoms with E-state index in [0.717, 1.165) is 29.1 Å². The third-order valence-electron chi connectivity index (χ3n) is 2.93. The van der Waals surface area contributed by atoms with E-state index < -0.39 is 0 Å².